The normalized spacial score (nSPS) is 11.2. The first-order valence-corrected chi connectivity index (χ1v) is 7.97. The molecular weight excluding hydrogens is 340 g/mol. The molecule has 2 aromatic heterocycles. The van der Waals surface area contributed by atoms with Crippen LogP contribution < -0.4 is 0 Å². The average Bonchev–Trinajstić information content (AvgIpc) is 3.32. The minimum atomic E-state index is -0.451. The molecule has 0 bridgehead atoms. The lowest BCUT2D eigenvalue weighted by Crippen LogP contribution is -2.26. The van der Waals surface area contributed by atoms with E-state index < -0.39 is 4.92 Å². The van der Waals surface area contributed by atoms with Gasteiger partial charge in [-0.2, -0.15) is 4.98 Å². The van der Waals surface area contributed by atoms with E-state index in [1.54, 1.807) is 25.5 Å². The molecule has 0 atom stereocenters. The van der Waals surface area contributed by atoms with Gasteiger partial charge in [0.15, 0.2) is 0 Å². The Kier molecular flexibility index (Phi) is 5.72. The first-order valence-electron chi connectivity index (χ1n) is 7.97. The van der Waals surface area contributed by atoms with Gasteiger partial charge < -0.3 is 13.7 Å². The highest BCUT2D eigenvalue weighted by molar-refractivity contribution is 5.56. The van der Waals surface area contributed by atoms with Gasteiger partial charge in [-0.3, -0.25) is 15.0 Å². The van der Waals surface area contributed by atoms with Crippen molar-refractivity contribution in [1.82, 2.24) is 15.0 Å². The van der Waals surface area contributed by atoms with Gasteiger partial charge in [-0.1, -0.05) is 5.16 Å². The number of nitro benzene ring substituents is 1. The molecular formula is C17H18N4O5. The smallest absolute Gasteiger partial charge is 0.269 e. The molecule has 0 spiro atoms. The van der Waals surface area contributed by atoms with Gasteiger partial charge in [-0.05, 0) is 24.3 Å². The van der Waals surface area contributed by atoms with Gasteiger partial charge >= 0.3 is 0 Å². The fourth-order valence-corrected chi connectivity index (χ4v) is 2.42. The van der Waals surface area contributed by atoms with Crippen molar-refractivity contribution in [2.24, 2.45) is 0 Å². The molecule has 9 nitrogen and oxygen atoms in total. The van der Waals surface area contributed by atoms with E-state index in [1.165, 1.54) is 12.1 Å². The highest BCUT2D eigenvalue weighted by Gasteiger charge is 2.15. The fraction of sp³-hybridized carbons (Fsp3) is 0.294. The summed E-state index contributed by atoms with van der Waals surface area (Å²) in [5.41, 5.74) is 0.668. The Balaban J connectivity index is 1.69. The number of hydrogen-bond donors (Lipinski definition) is 0. The number of non-ortho nitro benzene ring substituents is 1. The van der Waals surface area contributed by atoms with Gasteiger partial charge in [-0.15, -0.1) is 0 Å². The van der Waals surface area contributed by atoms with Crippen LogP contribution in [0.3, 0.4) is 0 Å². The van der Waals surface area contributed by atoms with Gasteiger partial charge in [0.05, 0.1) is 30.9 Å². The molecule has 0 aliphatic rings. The minimum absolute atomic E-state index is 0.0154. The molecule has 0 saturated heterocycles. The quantitative estimate of drug-likeness (QED) is 0.424. The van der Waals surface area contributed by atoms with E-state index >= 15 is 0 Å². The monoisotopic (exact) mass is 358 g/mol. The second kappa shape index (κ2) is 8.37. The minimum Gasteiger partial charge on any atom is -0.468 e. The molecule has 0 fully saturated rings. The summed E-state index contributed by atoms with van der Waals surface area (Å²) in [6.07, 6.45) is 1.63. The summed E-state index contributed by atoms with van der Waals surface area (Å²) >= 11 is 0. The van der Waals surface area contributed by atoms with E-state index in [1.807, 2.05) is 12.1 Å². The third-order valence-corrected chi connectivity index (χ3v) is 3.73. The largest absolute Gasteiger partial charge is 0.468 e. The Hall–Kier alpha value is -3.04. The van der Waals surface area contributed by atoms with Crippen LogP contribution in [0.15, 0.2) is 51.6 Å². The van der Waals surface area contributed by atoms with Crippen molar-refractivity contribution >= 4 is 5.69 Å². The zero-order chi connectivity index (χ0) is 18.4. The van der Waals surface area contributed by atoms with Crippen molar-refractivity contribution in [3.05, 3.63) is 64.4 Å². The lowest BCUT2D eigenvalue weighted by atomic mass is 10.2. The number of ether oxygens (including phenoxy) is 1. The second-order valence-electron chi connectivity index (χ2n) is 5.60. The van der Waals surface area contributed by atoms with Crippen LogP contribution in [0.4, 0.5) is 5.69 Å². The highest BCUT2D eigenvalue weighted by Crippen LogP contribution is 2.20. The van der Waals surface area contributed by atoms with Gasteiger partial charge in [0.2, 0.25) is 11.7 Å². The van der Waals surface area contributed by atoms with E-state index in [-0.39, 0.29) is 5.69 Å². The Bertz CT molecular complexity index is 829. The van der Waals surface area contributed by atoms with Crippen molar-refractivity contribution in [3.8, 4) is 11.4 Å². The standard InChI is InChI=1S/C17H18N4O5/c1-24-10-8-20(11-15-3-2-9-25-15)12-16-18-17(19-26-16)13-4-6-14(7-5-13)21(22)23/h2-7,9H,8,10-12H2,1H3. The molecule has 3 aromatic rings. The van der Waals surface area contributed by atoms with Crippen LogP contribution in [0.1, 0.15) is 11.7 Å². The van der Waals surface area contributed by atoms with E-state index in [9.17, 15) is 10.1 Å². The predicted molar refractivity (Wildman–Crippen MR) is 91.1 cm³/mol. The van der Waals surface area contributed by atoms with Crippen molar-refractivity contribution < 1.29 is 18.6 Å². The Labute approximate surface area is 149 Å². The predicted octanol–water partition coefficient (Wildman–Crippen LogP) is 2.89. The zero-order valence-electron chi connectivity index (χ0n) is 14.2. The first kappa shape index (κ1) is 17.8. The molecule has 0 aliphatic carbocycles. The number of hydrogen-bond acceptors (Lipinski definition) is 8. The summed E-state index contributed by atoms with van der Waals surface area (Å²) in [6.45, 7) is 2.26. The molecule has 0 N–H and O–H groups in total. The second-order valence-corrected chi connectivity index (χ2v) is 5.60. The van der Waals surface area contributed by atoms with E-state index in [2.05, 4.69) is 15.0 Å². The Morgan fingerprint density at radius 3 is 2.69 bits per heavy atom. The molecule has 0 aliphatic heterocycles. The summed E-state index contributed by atoms with van der Waals surface area (Å²) in [5.74, 6) is 1.66. The number of nitro groups is 1. The SMILES string of the molecule is COCCN(Cc1ccco1)Cc1nc(-c2ccc([N+](=O)[O-])cc2)no1. The summed E-state index contributed by atoms with van der Waals surface area (Å²) in [4.78, 5) is 16.7. The molecule has 3 rings (SSSR count). The summed E-state index contributed by atoms with van der Waals surface area (Å²) in [5, 5.41) is 14.7. The zero-order valence-corrected chi connectivity index (χ0v) is 14.2. The van der Waals surface area contributed by atoms with E-state index in [0.29, 0.717) is 43.5 Å². The third-order valence-electron chi connectivity index (χ3n) is 3.73. The maximum Gasteiger partial charge on any atom is 0.269 e. The van der Waals surface area contributed by atoms with Gasteiger partial charge in [0.1, 0.15) is 5.76 Å². The average molecular weight is 358 g/mol. The summed E-state index contributed by atoms with van der Waals surface area (Å²) in [7, 11) is 1.64. The Morgan fingerprint density at radius 1 is 1.23 bits per heavy atom. The summed E-state index contributed by atoms with van der Waals surface area (Å²) < 4.78 is 15.8. The number of nitrogens with zero attached hydrogens (tertiary/aromatic N) is 4. The first-order chi connectivity index (χ1) is 12.7. The molecule has 9 heteroatoms. The molecule has 0 amide bonds. The van der Waals surface area contributed by atoms with Gasteiger partial charge in [0.25, 0.3) is 5.69 Å². The van der Waals surface area contributed by atoms with Crippen LogP contribution in [0.25, 0.3) is 11.4 Å². The molecule has 26 heavy (non-hydrogen) atoms. The third kappa shape index (κ3) is 4.52. The van der Waals surface area contributed by atoms with Crippen LogP contribution >= 0.6 is 0 Å². The molecule has 136 valence electrons. The van der Waals surface area contributed by atoms with Crippen molar-refractivity contribution in [3.63, 3.8) is 0 Å². The maximum absolute atomic E-state index is 10.7. The van der Waals surface area contributed by atoms with Crippen LogP contribution in [0.2, 0.25) is 0 Å². The van der Waals surface area contributed by atoms with Crippen LogP contribution in [-0.4, -0.2) is 40.2 Å². The van der Waals surface area contributed by atoms with Crippen molar-refractivity contribution in [2.75, 3.05) is 20.3 Å². The van der Waals surface area contributed by atoms with Gasteiger partial charge in [-0.25, -0.2) is 0 Å². The number of rotatable bonds is 9. The molecule has 0 unspecified atom stereocenters. The number of furan rings is 1. The molecule has 0 radical (unpaired) electrons. The van der Waals surface area contributed by atoms with Crippen LogP contribution in [0, 0.1) is 10.1 Å². The fourth-order valence-electron chi connectivity index (χ4n) is 2.42. The molecule has 1 aromatic carbocycles. The van der Waals surface area contributed by atoms with E-state index in [4.69, 9.17) is 13.7 Å². The van der Waals surface area contributed by atoms with Gasteiger partial charge in [0, 0.05) is 31.4 Å². The van der Waals surface area contributed by atoms with Crippen molar-refractivity contribution in [1.29, 1.82) is 0 Å². The molecule has 0 saturated carbocycles. The lowest BCUT2D eigenvalue weighted by Gasteiger charge is -2.18. The van der Waals surface area contributed by atoms with Crippen LogP contribution in [-0.2, 0) is 17.8 Å². The number of aromatic nitrogens is 2. The van der Waals surface area contributed by atoms with Crippen molar-refractivity contribution in [2.45, 2.75) is 13.1 Å². The maximum atomic E-state index is 10.7. The van der Waals surface area contributed by atoms with Crippen LogP contribution in [0.5, 0.6) is 0 Å². The molecule has 2 heterocycles. The number of methoxy groups -OCH3 is 1. The summed E-state index contributed by atoms with van der Waals surface area (Å²) in [6, 6.07) is 9.75. The highest BCUT2D eigenvalue weighted by atomic mass is 16.6. The topological polar surface area (TPSA) is 108 Å². The Morgan fingerprint density at radius 2 is 2.04 bits per heavy atom. The van der Waals surface area contributed by atoms with E-state index in [0.717, 1.165) is 5.76 Å². The number of benzene rings is 1. The lowest BCUT2D eigenvalue weighted by molar-refractivity contribution is -0.384.